The van der Waals surface area contributed by atoms with Crippen LogP contribution in [-0.4, -0.2) is 49.2 Å². The highest BCUT2D eigenvalue weighted by molar-refractivity contribution is 9.10. The number of phenols is 1. The maximum Gasteiger partial charge on any atom is 0.264 e. The summed E-state index contributed by atoms with van der Waals surface area (Å²) in [4.78, 5) is 16.7. The van der Waals surface area contributed by atoms with Crippen LogP contribution in [0.4, 0.5) is 5.69 Å². The number of carbonyl (C=O) groups is 1. The molecule has 0 saturated carbocycles. The third kappa shape index (κ3) is 4.29. The zero-order valence-electron chi connectivity index (χ0n) is 15.4. The number of hydrogen-bond acceptors (Lipinski definition) is 5. The SMILES string of the molecule is COc1cc(/C=C(/C#N)C(=O)N2CCN(c3ccccc3)CC2)cc(Br)c1O. The van der Waals surface area contributed by atoms with Crippen LogP contribution < -0.4 is 9.64 Å². The van der Waals surface area contributed by atoms with E-state index in [9.17, 15) is 15.2 Å². The molecular formula is C21H20BrN3O3. The highest BCUT2D eigenvalue weighted by Crippen LogP contribution is 2.35. The van der Waals surface area contributed by atoms with Crippen molar-refractivity contribution in [3.63, 3.8) is 0 Å². The van der Waals surface area contributed by atoms with Gasteiger partial charge in [0.2, 0.25) is 0 Å². The van der Waals surface area contributed by atoms with Crippen molar-refractivity contribution in [1.29, 1.82) is 5.26 Å². The van der Waals surface area contributed by atoms with Crippen LogP contribution in [-0.2, 0) is 4.79 Å². The number of piperazine rings is 1. The first-order valence-electron chi connectivity index (χ1n) is 8.81. The van der Waals surface area contributed by atoms with Gasteiger partial charge in [0.05, 0.1) is 11.6 Å². The van der Waals surface area contributed by atoms with Gasteiger partial charge in [0.1, 0.15) is 11.6 Å². The van der Waals surface area contributed by atoms with Crippen molar-refractivity contribution in [2.75, 3.05) is 38.2 Å². The quantitative estimate of drug-likeness (QED) is 0.580. The normalized spacial score (nSPS) is 14.5. The number of rotatable bonds is 4. The van der Waals surface area contributed by atoms with E-state index in [1.807, 2.05) is 36.4 Å². The van der Waals surface area contributed by atoms with Gasteiger partial charge in [-0.15, -0.1) is 0 Å². The molecule has 0 spiro atoms. The van der Waals surface area contributed by atoms with Crippen molar-refractivity contribution in [3.05, 3.63) is 58.1 Å². The standard InChI is InChI=1S/C21H20BrN3O3/c1-28-19-13-15(12-18(22)20(19)26)11-16(14-23)21(27)25-9-7-24(8-10-25)17-5-3-2-4-6-17/h2-6,11-13,26H,7-10H2,1H3/b16-11-. The monoisotopic (exact) mass is 441 g/mol. The molecule has 0 aliphatic carbocycles. The predicted octanol–water partition coefficient (Wildman–Crippen LogP) is 3.42. The molecule has 2 aromatic rings. The largest absolute Gasteiger partial charge is 0.503 e. The second-order valence-corrected chi connectivity index (χ2v) is 7.19. The lowest BCUT2D eigenvalue weighted by atomic mass is 10.1. The first-order valence-corrected chi connectivity index (χ1v) is 9.60. The van der Waals surface area contributed by atoms with Gasteiger partial charge in [0.25, 0.3) is 5.91 Å². The number of ether oxygens (including phenoxy) is 1. The van der Waals surface area contributed by atoms with E-state index in [1.54, 1.807) is 17.0 Å². The molecule has 1 heterocycles. The fourth-order valence-electron chi connectivity index (χ4n) is 3.12. The highest BCUT2D eigenvalue weighted by Gasteiger charge is 2.24. The molecule has 1 aliphatic heterocycles. The minimum Gasteiger partial charge on any atom is -0.503 e. The summed E-state index contributed by atoms with van der Waals surface area (Å²) in [5.74, 6) is -0.0540. The van der Waals surface area contributed by atoms with Crippen molar-refractivity contribution in [2.24, 2.45) is 0 Å². The number of nitrogens with zero attached hydrogens (tertiary/aromatic N) is 3. The van der Waals surface area contributed by atoms with E-state index in [4.69, 9.17) is 4.74 Å². The summed E-state index contributed by atoms with van der Waals surface area (Å²) in [6.45, 7) is 2.53. The number of phenolic OH excluding ortho intramolecular Hbond substituents is 1. The number of aromatic hydroxyl groups is 1. The molecule has 2 aromatic carbocycles. The molecule has 1 N–H and O–H groups in total. The minimum absolute atomic E-state index is 0.0264. The van der Waals surface area contributed by atoms with Crippen LogP contribution in [0.15, 0.2) is 52.5 Å². The molecule has 0 aromatic heterocycles. The molecule has 1 fully saturated rings. The Balaban J connectivity index is 1.73. The van der Waals surface area contributed by atoms with Crippen LogP contribution in [0, 0.1) is 11.3 Å². The molecule has 0 radical (unpaired) electrons. The summed E-state index contributed by atoms with van der Waals surface area (Å²) in [7, 11) is 1.44. The minimum atomic E-state index is -0.293. The van der Waals surface area contributed by atoms with E-state index in [1.165, 1.54) is 13.2 Å². The van der Waals surface area contributed by atoms with E-state index in [0.29, 0.717) is 36.2 Å². The Hall–Kier alpha value is -2.98. The van der Waals surface area contributed by atoms with E-state index in [0.717, 1.165) is 5.69 Å². The zero-order chi connectivity index (χ0) is 20.1. The number of para-hydroxylation sites is 1. The number of anilines is 1. The number of halogens is 1. The van der Waals surface area contributed by atoms with Gasteiger partial charge in [0, 0.05) is 31.9 Å². The van der Waals surface area contributed by atoms with E-state index in [-0.39, 0.29) is 23.0 Å². The van der Waals surface area contributed by atoms with Crippen molar-refractivity contribution >= 4 is 33.6 Å². The lowest BCUT2D eigenvalue weighted by Crippen LogP contribution is -2.49. The average Bonchev–Trinajstić information content (AvgIpc) is 2.74. The smallest absolute Gasteiger partial charge is 0.264 e. The van der Waals surface area contributed by atoms with Gasteiger partial charge in [-0.05, 0) is 51.8 Å². The van der Waals surface area contributed by atoms with Crippen LogP contribution >= 0.6 is 15.9 Å². The maximum absolute atomic E-state index is 12.8. The van der Waals surface area contributed by atoms with Crippen molar-refractivity contribution in [2.45, 2.75) is 0 Å². The van der Waals surface area contributed by atoms with E-state index in [2.05, 4.69) is 20.8 Å². The molecule has 7 heteroatoms. The Morgan fingerprint density at radius 2 is 1.89 bits per heavy atom. The van der Waals surface area contributed by atoms with Gasteiger partial charge >= 0.3 is 0 Å². The fourth-order valence-corrected chi connectivity index (χ4v) is 3.58. The Morgan fingerprint density at radius 3 is 2.50 bits per heavy atom. The average molecular weight is 442 g/mol. The van der Waals surface area contributed by atoms with Gasteiger partial charge in [-0.3, -0.25) is 4.79 Å². The van der Waals surface area contributed by atoms with Crippen molar-refractivity contribution in [3.8, 4) is 17.6 Å². The maximum atomic E-state index is 12.8. The summed E-state index contributed by atoms with van der Waals surface area (Å²) >= 11 is 3.25. The van der Waals surface area contributed by atoms with Gasteiger partial charge in [0.15, 0.2) is 11.5 Å². The van der Waals surface area contributed by atoms with Gasteiger partial charge in [-0.1, -0.05) is 18.2 Å². The third-order valence-corrected chi connectivity index (χ3v) is 5.23. The third-order valence-electron chi connectivity index (χ3n) is 4.62. The predicted molar refractivity (Wildman–Crippen MR) is 111 cm³/mol. The molecular weight excluding hydrogens is 422 g/mol. The topological polar surface area (TPSA) is 76.8 Å². The lowest BCUT2D eigenvalue weighted by Gasteiger charge is -2.36. The molecule has 0 unspecified atom stereocenters. The van der Waals surface area contributed by atoms with Crippen LogP contribution in [0.5, 0.6) is 11.5 Å². The number of amides is 1. The molecule has 6 nitrogen and oxygen atoms in total. The molecule has 0 bridgehead atoms. The molecule has 1 amide bonds. The Morgan fingerprint density at radius 1 is 1.21 bits per heavy atom. The Labute approximate surface area is 172 Å². The van der Waals surface area contributed by atoms with Gasteiger partial charge < -0.3 is 19.6 Å². The molecule has 28 heavy (non-hydrogen) atoms. The van der Waals surface area contributed by atoms with Crippen LogP contribution in [0.1, 0.15) is 5.56 Å². The first-order chi connectivity index (χ1) is 13.5. The number of carbonyl (C=O) groups excluding carboxylic acids is 1. The van der Waals surface area contributed by atoms with E-state index >= 15 is 0 Å². The molecule has 144 valence electrons. The summed E-state index contributed by atoms with van der Waals surface area (Å²) in [5.41, 5.74) is 1.77. The van der Waals surface area contributed by atoms with Gasteiger partial charge in [-0.2, -0.15) is 5.26 Å². The molecule has 1 aliphatic rings. The number of benzene rings is 2. The summed E-state index contributed by atoms with van der Waals surface area (Å²) in [5, 5.41) is 19.4. The molecule has 3 rings (SSSR count). The highest BCUT2D eigenvalue weighted by atomic mass is 79.9. The number of hydrogen-bond donors (Lipinski definition) is 1. The Kier molecular flexibility index (Phi) is 6.22. The van der Waals surface area contributed by atoms with Crippen molar-refractivity contribution < 1.29 is 14.6 Å². The van der Waals surface area contributed by atoms with Crippen LogP contribution in [0.3, 0.4) is 0 Å². The Bertz CT molecular complexity index is 930. The zero-order valence-corrected chi connectivity index (χ0v) is 17.0. The number of nitriles is 1. The van der Waals surface area contributed by atoms with Crippen LogP contribution in [0.2, 0.25) is 0 Å². The first kappa shape index (κ1) is 19.8. The molecule has 1 saturated heterocycles. The second-order valence-electron chi connectivity index (χ2n) is 6.34. The van der Waals surface area contributed by atoms with E-state index < -0.39 is 0 Å². The van der Waals surface area contributed by atoms with Crippen molar-refractivity contribution in [1.82, 2.24) is 4.90 Å². The fraction of sp³-hybridized carbons (Fsp3) is 0.238. The second kappa shape index (κ2) is 8.81. The number of methoxy groups -OCH3 is 1. The summed E-state index contributed by atoms with van der Waals surface area (Å²) in [6, 6.07) is 15.3. The lowest BCUT2D eigenvalue weighted by molar-refractivity contribution is -0.126. The summed E-state index contributed by atoms with van der Waals surface area (Å²) < 4.78 is 5.55. The molecule has 0 atom stereocenters. The summed E-state index contributed by atoms with van der Waals surface area (Å²) in [6.07, 6.45) is 1.51. The van der Waals surface area contributed by atoms with Crippen LogP contribution in [0.25, 0.3) is 6.08 Å². The van der Waals surface area contributed by atoms with Gasteiger partial charge in [-0.25, -0.2) is 0 Å².